The maximum absolute atomic E-state index is 12.4. The van der Waals surface area contributed by atoms with Crippen LogP contribution in [-0.2, 0) is 4.79 Å². The third-order valence-electron chi connectivity index (χ3n) is 3.55. The van der Waals surface area contributed by atoms with Gasteiger partial charge in [0.15, 0.2) is 0 Å². The molecule has 1 aromatic carbocycles. The van der Waals surface area contributed by atoms with E-state index in [9.17, 15) is 10.1 Å². The number of aryl methyl sites for hydroxylation is 1. The lowest BCUT2D eigenvalue weighted by atomic mass is 10.1. The van der Waals surface area contributed by atoms with Gasteiger partial charge in [0.05, 0.1) is 11.9 Å². The molecule has 3 rings (SSSR count). The third kappa shape index (κ3) is 3.21. The van der Waals surface area contributed by atoms with Crippen molar-refractivity contribution in [3.8, 4) is 6.07 Å². The van der Waals surface area contributed by atoms with Gasteiger partial charge in [0.25, 0.3) is 5.91 Å². The van der Waals surface area contributed by atoms with Gasteiger partial charge in [0.1, 0.15) is 17.3 Å². The van der Waals surface area contributed by atoms with Crippen molar-refractivity contribution >= 4 is 39.2 Å². The maximum Gasteiger partial charge on any atom is 0.266 e. The number of carbonyl (C=O) groups is 1. The maximum atomic E-state index is 12.4. The molecule has 2 heterocycles. The number of pyridine rings is 1. The van der Waals surface area contributed by atoms with Crippen molar-refractivity contribution in [3.63, 3.8) is 0 Å². The molecule has 0 fully saturated rings. The van der Waals surface area contributed by atoms with Gasteiger partial charge in [0, 0.05) is 16.4 Å². The van der Waals surface area contributed by atoms with E-state index in [-0.39, 0.29) is 5.57 Å². The van der Waals surface area contributed by atoms with Gasteiger partial charge in [-0.15, -0.1) is 0 Å². The lowest BCUT2D eigenvalue weighted by molar-refractivity contribution is -0.112. The van der Waals surface area contributed by atoms with Crippen LogP contribution >= 0.6 is 15.9 Å². The Morgan fingerprint density at radius 2 is 2.12 bits per heavy atom. The molecule has 0 unspecified atom stereocenters. The monoisotopic (exact) mass is 380 g/mol. The second-order valence-corrected chi connectivity index (χ2v) is 6.11. The second-order valence-electron chi connectivity index (χ2n) is 5.20. The fourth-order valence-corrected chi connectivity index (χ4v) is 2.62. The van der Waals surface area contributed by atoms with Crippen molar-refractivity contribution in [1.29, 1.82) is 5.26 Å². The summed E-state index contributed by atoms with van der Waals surface area (Å²) in [5.41, 5.74) is 3.02. The summed E-state index contributed by atoms with van der Waals surface area (Å²) in [4.78, 5) is 16.6. The van der Waals surface area contributed by atoms with E-state index in [0.29, 0.717) is 11.4 Å². The first-order valence-electron chi connectivity index (χ1n) is 7.20. The first-order valence-corrected chi connectivity index (χ1v) is 7.99. The number of hydrogen-bond donors (Lipinski definition) is 1. The molecule has 1 N–H and O–H groups in total. The quantitative estimate of drug-likeness (QED) is 0.552. The number of anilines is 1. The Kier molecular flexibility index (Phi) is 4.45. The van der Waals surface area contributed by atoms with Crippen molar-refractivity contribution in [2.24, 2.45) is 0 Å². The summed E-state index contributed by atoms with van der Waals surface area (Å²) in [6.45, 7) is 1.90. The molecule has 24 heavy (non-hydrogen) atoms. The lowest BCUT2D eigenvalue weighted by Gasteiger charge is -2.07. The highest BCUT2D eigenvalue weighted by atomic mass is 79.9. The minimum atomic E-state index is -0.447. The molecule has 0 spiro atoms. The Morgan fingerprint density at radius 1 is 1.33 bits per heavy atom. The summed E-state index contributed by atoms with van der Waals surface area (Å²) < 4.78 is 2.69. The number of aromatic nitrogens is 2. The van der Waals surface area contributed by atoms with Crippen LogP contribution < -0.4 is 5.32 Å². The Balaban J connectivity index is 1.94. The molecule has 6 heteroatoms. The molecule has 0 radical (unpaired) electrons. The fourth-order valence-electron chi connectivity index (χ4n) is 2.28. The number of nitriles is 1. The molecule has 0 atom stereocenters. The average Bonchev–Trinajstić information content (AvgIpc) is 2.96. The van der Waals surface area contributed by atoms with E-state index < -0.39 is 5.91 Å². The van der Waals surface area contributed by atoms with Crippen LogP contribution in [0.2, 0.25) is 0 Å². The van der Waals surface area contributed by atoms with Gasteiger partial charge >= 0.3 is 0 Å². The molecule has 0 aliphatic carbocycles. The largest absolute Gasteiger partial charge is 0.321 e. The summed E-state index contributed by atoms with van der Waals surface area (Å²) in [5.74, 6) is -0.447. The van der Waals surface area contributed by atoms with Gasteiger partial charge < -0.3 is 5.32 Å². The average molecular weight is 381 g/mol. The minimum absolute atomic E-state index is 0.0139. The second kappa shape index (κ2) is 6.69. The van der Waals surface area contributed by atoms with Crippen molar-refractivity contribution in [2.45, 2.75) is 6.92 Å². The number of benzene rings is 1. The van der Waals surface area contributed by atoms with Crippen LogP contribution in [0.5, 0.6) is 0 Å². The summed E-state index contributed by atoms with van der Waals surface area (Å²) in [7, 11) is 0. The molecule has 1 amide bonds. The van der Waals surface area contributed by atoms with E-state index in [1.165, 1.54) is 6.08 Å². The fraction of sp³-hybridized carbons (Fsp3) is 0.0556. The third-order valence-corrected chi connectivity index (χ3v) is 4.02. The first-order chi connectivity index (χ1) is 11.6. The van der Waals surface area contributed by atoms with Crippen LogP contribution in [0.3, 0.4) is 0 Å². The predicted octanol–water partition coefficient (Wildman–Crippen LogP) is 3.95. The van der Waals surface area contributed by atoms with Gasteiger partial charge in [-0.25, -0.2) is 4.98 Å². The van der Waals surface area contributed by atoms with Crippen molar-refractivity contribution in [2.75, 3.05) is 5.32 Å². The molecular formula is C18H13BrN4O. The number of nitrogens with one attached hydrogen (secondary N) is 1. The molecule has 0 aliphatic rings. The summed E-state index contributed by atoms with van der Waals surface area (Å²) in [6, 6.07) is 13.1. The number of imidazole rings is 1. The number of para-hydroxylation sites is 1. The molecule has 3 aromatic rings. The molecular weight excluding hydrogens is 368 g/mol. The number of rotatable bonds is 3. The van der Waals surface area contributed by atoms with E-state index in [0.717, 1.165) is 15.7 Å². The zero-order chi connectivity index (χ0) is 17.1. The topological polar surface area (TPSA) is 70.2 Å². The zero-order valence-corrected chi connectivity index (χ0v) is 14.4. The Morgan fingerprint density at radius 3 is 2.88 bits per heavy atom. The highest BCUT2D eigenvalue weighted by Crippen LogP contribution is 2.17. The number of fused-ring (bicyclic) bond motifs is 1. The van der Waals surface area contributed by atoms with Crippen LogP contribution in [0.4, 0.5) is 5.69 Å². The van der Waals surface area contributed by atoms with Crippen LogP contribution in [-0.4, -0.2) is 15.3 Å². The standard InChI is InChI=1S/C18H13BrN4O/c1-12-4-2-3-5-16(12)22-18(24)13(9-20)8-15-10-21-17-7-6-14(19)11-23(15)17/h2-8,10-11H,1H3,(H,22,24)/b13-8-. The van der Waals surface area contributed by atoms with Crippen molar-refractivity contribution in [1.82, 2.24) is 9.38 Å². The van der Waals surface area contributed by atoms with Gasteiger partial charge in [-0.05, 0) is 52.7 Å². The van der Waals surface area contributed by atoms with Gasteiger partial charge in [-0.1, -0.05) is 18.2 Å². The van der Waals surface area contributed by atoms with Crippen LogP contribution in [0.25, 0.3) is 11.7 Å². The Labute approximate surface area is 147 Å². The SMILES string of the molecule is Cc1ccccc1NC(=O)/C(C#N)=C\c1cnc2ccc(Br)cn12. The van der Waals surface area contributed by atoms with Crippen LogP contribution in [0, 0.1) is 18.3 Å². The number of carbonyl (C=O) groups excluding carboxylic acids is 1. The molecule has 118 valence electrons. The van der Waals surface area contributed by atoms with E-state index in [4.69, 9.17) is 0 Å². The number of nitrogens with zero attached hydrogens (tertiary/aromatic N) is 3. The van der Waals surface area contributed by atoms with Crippen molar-refractivity contribution in [3.05, 3.63) is 70.1 Å². The Bertz CT molecular complexity index is 998. The van der Waals surface area contributed by atoms with E-state index in [2.05, 4.69) is 26.2 Å². The zero-order valence-electron chi connectivity index (χ0n) is 12.8. The first kappa shape index (κ1) is 16.0. The minimum Gasteiger partial charge on any atom is -0.321 e. The highest BCUT2D eigenvalue weighted by molar-refractivity contribution is 9.10. The number of amides is 1. The molecule has 0 bridgehead atoms. The number of halogens is 1. The molecule has 0 aliphatic heterocycles. The van der Waals surface area contributed by atoms with Crippen molar-refractivity contribution < 1.29 is 4.79 Å². The van der Waals surface area contributed by atoms with Gasteiger partial charge in [0.2, 0.25) is 0 Å². The Hall–Kier alpha value is -2.91. The smallest absolute Gasteiger partial charge is 0.266 e. The predicted molar refractivity (Wildman–Crippen MR) is 96.3 cm³/mol. The van der Waals surface area contributed by atoms with E-state index >= 15 is 0 Å². The molecule has 5 nitrogen and oxygen atoms in total. The summed E-state index contributed by atoms with van der Waals surface area (Å²) >= 11 is 3.40. The molecule has 0 saturated heterocycles. The highest BCUT2D eigenvalue weighted by Gasteiger charge is 2.12. The van der Waals surface area contributed by atoms with Crippen LogP contribution in [0.15, 0.2) is 58.8 Å². The van der Waals surface area contributed by atoms with Gasteiger partial charge in [-0.3, -0.25) is 9.20 Å². The summed E-state index contributed by atoms with van der Waals surface area (Å²) in [5, 5.41) is 12.1. The lowest BCUT2D eigenvalue weighted by Crippen LogP contribution is -2.14. The molecule has 2 aromatic heterocycles. The normalized spacial score (nSPS) is 11.3. The summed E-state index contributed by atoms with van der Waals surface area (Å²) in [6.07, 6.45) is 4.99. The van der Waals surface area contributed by atoms with Crippen LogP contribution in [0.1, 0.15) is 11.3 Å². The van der Waals surface area contributed by atoms with E-state index in [1.54, 1.807) is 12.3 Å². The van der Waals surface area contributed by atoms with Gasteiger partial charge in [-0.2, -0.15) is 5.26 Å². The van der Waals surface area contributed by atoms with E-state index in [1.807, 2.05) is 53.9 Å². The molecule has 0 saturated carbocycles. The number of hydrogen-bond acceptors (Lipinski definition) is 3.